The molecule has 0 unspecified atom stereocenters. The van der Waals surface area contributed by atoms with Crippen LogP contribution in [-0.4, -0.2) is 22.6 Å². The summed E-state index contributed by atoms with van der Waals surface area (Å²) < 4.78 is 0. The second-order valence-corrected chi connectivity index (χ2v) is 4.20. The molecule has 2 aliphatic rings. The third kappa shape index (κ3) is 1.74. The van der Waals surface area contributed by atoms with Crippen molar-refractivity contribution in [2.24, 2.45) is 0 Å². The van der Waals surface area contributed by atoms with Gasteiger partial charge >= 0.3 is 0 Å². The summed E-state index contributed by atoms with van der Waals surface area (Å²) in [5, 5.41) is 6.57. The molecule has 4 N–H and O–H groups in total. The Morgan fingerprint density at radius 3 is 3.00 bits per heavy atom. The summed E-state index contributed by atoms with van der Waals surface area (Å²) in [6.45, 7) is 1.78. The van der Waals surface area contributed by atoms with E-state index in [1.54, 1.807) is 0 Å². The van der Waals surface area contributed by atoms with Crippen LogP contribution in [0.1, 0.15) is 24.1 Å². The van der Waals surface area contributed by atoms with Gasteiger partial charge in [0.1, 0.15) is 5.82 Å². The minimum Gasteiger partial charge on any atom is -0.383 e. The van der Waals surface area contributed by atoms with Gasteiger partial charge in [-0.3, -0.25) is 0 Å². The number of hydrogen-bond acceptors (Lipinski definition) is 5. The quantitative estimate of drug-likeness (QED) is 0.646. The van der Waals surface area contributed by atoms with E-state index in [9.17, 15) is 0 Å². The fourth-order valence-electron chi connectivity index (χ4n) is 1.86. The predicted octanol–water partition coefficient (Wildman–Crippen LogP) is 0.279. The van der Waals surface area contributed by atoms with E-state index < -0.39 is 0 Å². The van der Waals surface area contributed by atoms with Crippen LogP contribution in [-0.2, 0) is 13.0 Å². The van der Waals surface area contributed by atoms with Crippen LogP contribution in [0.4, 0.5) is 11.8 Å². The standard InChI is InChI=1S/C10H15N5/c11-9-7-3-4-12-5-8(7)14-10(15-9)13-6-1-2-6/h6,12H,1-5H2,(H3,11,13,14,15). The summed E-state index contributed by atoms with van der Waals surface area (Å²) in [4.78, 5) is 8.78. The van der Waals surface area contributed by atoms with E-state index in [4.69, 9.17) is 5.73 Å². The number of nitrogens with one attached hydrogen (secondary N) is 2. The third-order valence-electron chi connectivity index (χ3n) is 2.88. The van der Waals surface area contributed by atoms with E-state index in [1.165, 1.54) is 12.8 Å². The average Bonchev–Trinajstić information content (AvgIpc) is 3.02. The van der Waals surface area contributed by atoms with Crippen molar-refractivity contribution < 1.29 is 0 Å². The van der Waals surface area contributed by atoms with Gasteiger partial charge in [0.05, 0.1) is 5.69 Å². The van der Waals surface area contributed by atoms with E-state index in [2.05, 4.69) is 20.6 Å². The van der Waals surface area contributed by atoms with Crippen LogP contribution in [0.25, 0.3) is 0 Å². The molecule has 0 bridgehead atoms. The molecule has 5 heteroatoms. The molecule has 2 heterocycles. The van der Waals surface area contributed by atoms with Crippen molar-refractivity contribution in [3.05, 3.63) is 11.3 Å². The zero-order chi connectivity index (χ0) is 10.3. The third-order valence-corrected chi connectivity index (χ3v) is 2.88. The zero-order valence-corrected chi connectivity index (χ0v) is 8.58. The lowest BCUT2D eigenvalue weighted by molar-refractivity contribution is 0.625. The Labute approximate surface area is 88.5 Å². The van der Waals surface area contributed by atoms with Gasteiger partial charge in [-0.2, -0.15) is 4.98 Å². The Morgan fingerprint density at radius 1 is 1.33 bits per heavy atom. The van der Waals surface area contributed by atoms with Gasteiger partial charge < -0.3 is 16.4 Å². The first-order valence-corrected chi connectivity index (χ1v) is 5.45. The first-order valence-electron chi connectivity index (χ1n) is 5.45. The number of hydrogen-bond donors (Lipinski definition) is 3. The van der Waals surface area contributed by atoms with Crippen LogP contribution in [0.5, 0.6) is 0 Å². The Hall–Kier alpha value is -1.36. The minimum atomic E-state index is 0.569. The molecule has 5 nitrogen and oxygen atoms in total. The van der Waals surface area contributed by atoms with E-state index >= 15 is 0 Å². The van der Waals surface area contributed by atoms with Gasteiger partial charge in [-0.25, -0.2) is 4.98 Å². The Balaban J connectivity index is 1.92. The van der Waals surface area contributed by atoms with Crippen molar-refractivity contribution in [1.29, 1.82) is 0 Å². The molecule has 0 saturated heterocycles. The molecule has 3 rings (SSSR count). The SMILES string of the molecule is Nc1nc(NC2CC2)nc2c1CCNC2. The van der Waals surface area contributed by atoms with Crippen molar-refractivity contribution in [1.82, 2.24) is 15.3 Å². The summed E-state index contributed by atoms with van der Waals surface area (Å²) in [5.41, 5.74) is 8.09. The number of fused-ring (bicyclic) bond motifs is 1. The molecular formula is C10H15N5. The maximum atomic E-state index is 5.92. The van der Waals surface area contributed by atoms with E-state index in [-0.39, 0.29) is 0 Å². The average molecular weight is 205 g/mol. The molecule has 15 heavy (non-hydrogen) atoms. The van der Waals surface area contributed by atoms with E-state index in [0.717, 1.165) is 30.8 Å². The lowest BCUT2D eigenvalue weighted by atomic mass is 10.1. The van der Waals surface area contributed by atoms with Crippen molar-refractivity contribution in [2.45, 2.75) is 31.8 Å². The van der Waals surface area contributed by atoms with Gasteiger partial charge in [0, 0.05) is 18.2 Å². The molecular weight excluding hydrogens is 190 g/mol. The minimum absolute atomic E-state index is 0.569. The van der Waals surface area contributed by atoms with Crippen LogP contribution in [0.2, 0.25) is 0 Å². The lowest BCUT2D eigenvalue weighted by Gasteiger charge is -2.18. The number of anilines is 2. The highest BCUT2D eigenvalue weighted by Crippen LogP contribution is 2.25. The molecule has 0 radical (unpaired) electrons. The Morgan fingerprint density at radius 2 is 2.20 bits per heavy atom. The van der Waals surface area contributed by atoms with Crippen molar-refractivity contribution >= 4 is 11.8 Å². The fraction of sp³-hybridized carbons (Fsp3) is 0.600. The molecule has 0 aromatic carbocycles. The Bertz CT molecular complexity index is 386. The molecule has 0 spiro atoms. The second kappa shape index (κ2) is 3.34. The molecule has 1 aromatic rings. The van der Waals surface area contributed by atoms with Crippen molar-refractivity contribution in [3.63, 3.8) is 0 Å². The highest BCUT2D eigenvalue weighted by molar-refractivity contribution is 5.48. The van der Waals surface area contributed by atoms with Gasteiger partial charge in [0.25, 0.3) is 0 Å². The summed E-state index contributed by atoms with van der Waals surface area (Å²) in [7, 11) is 0. The molecule has 1 fully saturated rings. The predicted molar refractivity (Wildman–Crippen MR) is 58.5 cm³/mol. The maximum Gasteiger partial charge on any atom is 0.225 e. The largest absolute Gasteiger partial charge is 0.383 e. The molecule has 80 valence electrons. The zero-order valence-electron chi connectivity index (χ0n) is 8.58. The second-order valence-electron chi connectivity index (χ2n) is 4.20. The first-order chi connectivity index (χ1) is 7.33. The summed E-state index contributed by atoms with van der Waals surface area (Å²) >= 11 is 0. The molecule has 0 atom stereocenters. The monoisotopic (exact) mass is 205 g/mol. The topological polar surface area (TPSA) is 75.9 Å². The van der Waals surface area contributed by atoms with E-state index in [1.807, 2.05) is 0 Å². The summed E-state index contributed by atoms with van der Waals surface area (Å²) in [6.07, 6.45) is 3.38. The van der Waals surface area contributed by atoms with Gasteiger partial charge in [-0.05, 0) is 25.8 Å². The Kier molecular flexibility index (Phi) is 1.98. The van der Waals surface area contributed by atoms with Gasteiger partial charge in [-0.15, -0.1) is 0 Å². The van der Waals surface area contributed by atoms with Crippen molar-refractivity contribution in [2.75, 3.05) is 17.6 Å². The number of aromatic nitrogens is 2. The summed E-state index contributed by atoms with van der Waals surface area (Å²) in [5.74, 6) is 1.34. The number of nitrogen functional groups attached to an aromatic ring is 1. The molecule has 1 aliphatic carbocycles. The first kappa shape index (κ1) is 8.91. The number of rotatable bonds is 2. The molecule has 1 aliphatic heterocycles. The van der Waals surface area contributed by atoms with Crippen LogP contribution < -0.4 is 16.4 Å². The smallest absolute Gasteiger partial charge is 0.225 e. The van der Waals surface area contributed by atoms with Crippen LogP contribution in [0.3, 0.4) is 0 Å². The normalized spacial score (nSPS) is 19.7. The molecule has 0 amide bonds. The highest BCUT2D eigenvalue weighted by atomic mass is 15.2. The summed E-state index contributed by atoms with van der Waals surface area (Å²) in [6, 6.07) is 0.569. The molecule has 1 aromatic heterocycles. The fourth-order valence-corrected chi connectivity index (χ4v) is 1.86. The van der Waals surface area contributed by atoms with E-state index in [0.29, 0.717) is 17.8 Å². The van der Waals surface area contributed by atoms with Gasteiger partial charge in [0.15, 0.2) is 0 Å². The van der Waals surface area contributed by atoms with Gasteiger partial charge in [0.2, 0.25) is 5.95 Å². The number of nitrogens with two attached hydrogens (primary N) is 1. The van der Waals surface area contributed by atoms with Crippen LogP contribution in [0, 0.1) is 0 Å². The highest BCUT2D eigenvalue weighted by Gasteiger charge is 2.23. The maximum absolute atomic E-state index is 5.92. The van der Waals surface area contributed by atoms with Gasteiger partial charge in [-0.1, -0.05) is 0 Å². The lowest BCUT2D eigenvalue weighted by Crippen LogP contribution is -2.26. The molecule has 1 saturated carbocycles. The van der Waals surface area contributed by atoms with Crippen LogP contribution >= 0.6 is 0 Å². The van der Waals surface area contributed by atoms with Crippen LogP contribution in [0.15, 0.2) is 0 Å². The number of nitrogens with zero attached hydrogens (tertiary/aromatic N) is 2. The van der Waals surface area contributed by atoms with Crippen molar-refractivity contribution in [3.8, 4) is 0 Å².